The van der Waals surface area contributed by atoms with Gasteiger partial charge in [-0.3, -0.25) is 0 Å². The number of nitrogens with zero attached hydrogens (tertiary/aromatic N) is 4. The van der Waals surface area contributed by atoms with Crippen LogP contribution in [0.4, 0.5) is 11.9 Å². The number of aromatic nitrogens is 3. The summed E-state index contributed by atoms with van der Waals surface area (Å²) in [6, 6.07) is 0.566. The van der Waals surface area contributed by atoms with Crippen molar-refractivity contribution in [3.8, 4) is 6.01 Å². The highest BCUT2D eigenvalue weighted by atomic mass is 16.5. The summed E-state index contributed by atoms with van der Waals surface area (Å²) in [5.41, 5.74) is 0. The first-order chi connectivity index (χ1) is 10.2. The van der Waals surface area contributed by atoms with Gasteiger partial charge >= 0.3 is 6.01 Å². The van der Waals surface area contributed by atoms with E-state index in [1.807, 2.05) is 4.90 Å². The number of aliphatic hydroxyl groups is 1. The summed E-state index contributed by atoms with van der Waals surface area (Å²) in [6.45, 7) is 7.65. The highest BCUT2D eigenvalue weighted by Crippen LogP contribution is 2.19. The van der Waals surface area contributed by atoms with Crippen molar-refractivity contribution >= 4 is 11.9 Å². The van der Waals surface area contributed by atoms with E-state index in [1.54, 1.807) is 0 Å². The quantitative estimate of drug-likeness (QED) is 0.680. The second-order valence-corrected chi connectivity index (χ2v) is 4.76. The lowest BCUT2D eigenvalue weighted by molar-refractivity contribution is 0.294. The van der Waals surface area contributed by atoms with Crippen LogP contribution in [0.25, 0.3) is 0 Å². The second-order valence-electron chi connectivity index (χ2n) is 4.76. The van der Waals surface area contributed by atoms with Gasteiger partial charge in [0.25, 0.3) is 0 Å². The fourth-order valence-electron chi connectivity index (χ4n) is 2.16. The molecule has 7 heteroatoms. The Morgan fingerprint density at radius 3 is 2.43 bits per heavy atom. The number of methoxy groups -OCH3 is 1. The van der Waals surface area contributed by atoms with Crippen molar-refractivity contribution in [1.29, 1.82) is 0 Å². The van der Waals surface area contributed by atoms with Gasteiger partial charge in [0, 0.05) is 19.1 Å². The SMILES string of the molecule is CCCNc1nc(OC)nc(N(CCO)C(CC)CC)n1. The second kappa shape index (κ2) is 9.33. The highest BCUT2D eigenvalue weighted by Gasteiger charge is 2.20. The summed E-state index contributed by atoms with van der Waals surface area (Å²) in [6.07, 6.45) is 2.90. The van der Waals surface area contributed by atoms with Gasteiger partial charge in [-0.1, -0.05) is 20.8 Å². The number of ether oxygens (including phenoxy) is 1. The van der Waals surface area contributed by atoms with Crippen molar-refractivity contribution in [1.82, 2.24) is 15.0 Å². The summed E-state index contributed by atoms with van der Waals surface area (Å²) in [5.74, 6) is 1.05. The van der Waals surface area contributed by atoms with E-state index < -0.39 is 0 Å². The fraction of sp³-hybridized carbons (Fsp3) is 0.786. The Kier molecular flexibility index (Phi) is 7.74. The van der Waals surface area contributed by atoms with Gasteiger partial charge in [-0.2, -0.15) is 15.0 Å². The van der Waals surface area contributed by atoms with Crippen LogP contribution in [0.3, 0.4) is 0 Å². The molecule has 0 aliphatic carbocycles. The molecule has 0 aliphatic rings. The molecule has 1 rings (SSSR count). The van der Waals surface area contributed by atoms with Crippen LogP contribution < -0.4 is 15.0 Å². The third-order valence-electron chi connectivity index (χ3n) is 3.30. The molecule has 0 aliphatic heterocycles. The Bertz CT molecular complexity index is 412. The molecule has 7 nitrogen and oxygen atoms in total. The first-order valence-electron chi connectivity index (χ1n) is 7.61. The van der Waals surface area contributed by atoms with E-state index in [4.69, 9.17) is 4.74 Å². The number of hydrogen-bond acceptors (Lipinski definition) is 7. The van der Waals surface area contributed by atoms with Gasteiger partial charge in [-0.15, -0.1) is 0 Å². The summed E-state index contributed by atoms with van der Waals surface area (Å²) in [5, 5.41) is 12.5. The minimum Gasteiger partial charge on any atom is -0.467 e. The molecule has 1 heterocycles. The minimum absolute atomic E-state index is 0.0578. The number of rotatable bonds is 10. The Balaban J connectivity index is 3.09. The van der Waals surface area contributed by atoms with Crippen LogP contribution in [0.2, 0.25) is 0 Å². The molecular weight excluding hydrogens is 270 g/mol. The molecule has 0 radical (unpaired) electrons. The van der Waals surface area contributed by atoms with Crippen molar-refractivity contribution in [2.45, 2.75) is 46.1 Å². The zero-order valence-corrected chi connectivity index (χ0v) is 13.5. The first kappa shape index (κ1) is 17.4. The van der Waals surface area contributed by atoms with Gasteiger partial charge < -0.3 is 20.1 Å². The molecule has 0 saturated carbocycles. The summed E-state index contributed by atoms with van der Waals surface area (Å²) in [4.78, 5) is 15.0. The van der Waals surface area contributed by atoms with Crippen molar-refractivity contribution in [3.05, 3.63) is 0 Å². The van der Waals surface area contributed by atoms with Crippen LogP contribution >= 0.6 is 0 Å². The van der Waals surface area contributed by atoms with E-state index in [0.717, 1.165) is 25.8 Å². The number of aliphatic hydroxyl groups excluding tert-OH is 1. The van der Waals surface area contributed by atoms with E-state index in [0.29, 0.717) is 18.4 Å². The molecule has 0 spiro atoms. The number of hydrogen-bond donors (Lipinski definition) is 2. The van der Waals surface area contributed by atoms with Crippen LogP contribution in [0, 0.1) is 0 Å². The average Bonchev–Trinajstić information content (AvgIpc) is 2.52. The van der Waals surface area contributed by atoms with E-state index in [1.165, 1.54) is 7.11 Å². The standard InChI is InChI=1S/C14H27N5O2/c1-5-8-15-12-16-13(18-14(17-12)21-4)19(9-10-20)11(6-2)7-3/h11,20H,5-10H2,1-4H3,(H,15,16,17,18). The maximum Gasteiger partial charge on any atom is 0.322 e. The van der Waals surface area contributed by atoms with Crippen LogP contribution in [0.15, 0.2) is 0 Å². The lowest BCUT2D eigenvalue weighted by atomic mass is 10.1. The molecule has 0 aromatic carbocycles. The molecule has 2 N–H and O–H groups in total. The Morgan fingerprint density at radius 2 is 1.90 bits per heavy atom. The maximum atomic E-state index is 9.32. The third-order valence-corrected chi connectivity index (χ3v) is 3.30. The Labute approximate surface area is 126 Å². The smallest absolute Gasteiger partial charge is 0.322 e. The van der Waals surface area contributed by atoms with Crippen LogP contribution in [-0.4, -0.2) is 52.9 Å². The van der Waals surface area contributed by atoms with E-state index in [9.17, 15) is 5.11 Å². The van der Waals surface area contributed by atoms with Gasteiger partial charge in [0.2, 0.25) is 11.9 Å². The topological polar surface area (TPSA) is 83.4 Å². The molecule has 0 bridgehead atoms. The Hall–Kier alpha value is -1.63. The summed E-state index contributed by atoms with van der Waals surface area (Å²) < 4.78 is 5.16. The molecule has 120 valence electrons. The van der Waals surface area contributed by atoms with Crippen molar-refractivity contribution < 1.29 is 9.84 Å². The summed E-state index contributed by atoms with van der Waals surface area (Å²) >= 11 is 0. The van der Waals surface area contributed by atoms with Crippen molar-refractivity contribution in [2.24, 2.45) is 0 Å². The van der Waals surface area contributed by atoms with Gasteiger partial charge in [0.05, 0.1) is 13.7 Å². The predicted octanol–water partition coefficient (Wildman–Crippen LogP) is 1.69. The molecule has 0 fully saturated rings. The molecule has 0 saturated heterocycles. The molecule has 1 aromatic heterocycles. The van der Waals surface area contributed by atoms with Crippen molar-refractivity contribution in [2.75, 3.05) is 37.0 Å². The summed E-state index contributed by atoms with van der Waals surface area (Å²) in [7, 11) is 1.54. The first-order valence-corrected chi connectivity index (χ1v) is 7.61. The minimum atomic E-state index is 0.0578. The molecule has 21 heavy (non-hydrogen) atoms. The predicted molar refractivity (Wildman–Crippen MR) is 84.0 cm³/mol. The third kappa shape index (κ3) is 5.00. The van der Waals surface area contributed by atoms with Crippen molar-refractivity contribution in [3.63, 3.8) is 0 Å². The lowest BCUT2D eigenvalue weighted by Crippen LogP contribution is -2.38. The molecule has 1 aromatic rings. The lowest BCUT2D eigenvalue weighted by Gasteiger charge is -2.30. The van der Waals surface area contributed by atoms with Gasteiger partial charge in [0.15, 0.2) is 0 Å². The monoisotopic (exact) mass is 297 g/mol. The Morgan fingerprint density at radius 1 is 1.19 bits per heavy atom. The number of anilines is 2. The van der Waals surface area contributed by atoms with Crippen LogP contribution in [-0.2, 0) is 0 Å². The molecule has 0 unspecified atom stereocenters. The maximum absolute atomic E-state index is 9.32. The number of nitrogens with one attached hydrogen (secondary N) is 1. The fourth-order valence-corrected chi connectivity index (χ4v) is 2.16. The largest absolute Gasteiger partial charge is 0.467 e. The van der Waals surface area contributed by atoms with Gasteiger partial charge in [-0.05, 0) is 19.3 Å². The van der Waals surface area contributed by atoms with Gasteiger partial charge in [0.1, 0.15) is 0 Å². The van der Waals surface area contributed by atoms with E-state index in [2.05, 4.69) is 41.0 Å². The highest BCUT2D eigenvalue weighted by molar-refractivity contribution is 5.39. The molecule has 0 amide bonds. The van der Waals surface area contributed by atoms with E-state index in [-0.39, 0.29) is 18.7 Å². The van der Waals surface area contributed by atoms with E-state index >= 15 is 0 Å². The van der Waals surface area contributed by atoms with Crippen LogP contribution in [0.5, 0.6) is 6.01 Å². The average molecular weight is 297 g/mol. The zero-order chi connectivity index (χ0) is 15.7. The van der Waals surface area contributed by atoms with Gasteiger partial charge in [-0.25, -0.2) is 0 Å². The molecule has 0 atom stereocenters. The van der Waals surface area contributed by atoms with Crippen LogP contribution in [0.1, 0.15) is 40.0 Å². The molecular formula is C14H27N5O2. The zero-order valence-electron chi connectivity index (χ0n) is 13.5. The normalized spacial score (nSPS) is 10.8.